The van der Waals surface area contributed by atoms with Gasteiger partial charge in [-0.25, -0.2) is 4.98 Å². The summed E-state index contributed by atoms with van der Waals surface area (Å²) >= 11 is 0. The molecule has 0 unspecified atom stereocenters. The minimum atomic E-state index is -0.137. The van der Waals surface area contributed by atoms with Gasteiger partial charge in [0.1, 0.15) is 17.3 Å². The van der Waals surface area contributed by atoms with Gasteiger partial charge >= 0.3 is 0 Å². The number of ketones is 1. The molecule has 5 heteroatoms. The monoisotopic (exact) mass is 390 g/mol. The Hall–Kier alpha value is -2.69. The number of pyridine rings is 1. The zero-order valence-electron chi connectivity index (χ0n) is 17.6. The molecule has 1 aliphatic heterocycles. The number of hydrogen-bond acceptors (Lipinski definition) is 4. The molecule has 1 aromatic heterocycles. The van der Waals surface area contributed by atoms with E-state index in [-0.39, 0.29) is 17.7 Å². The van der Waals surface area contributed by atoms with Crippen LogP contribution in [0, 0.1) is 11.5 Å². The lowest BCUT2D eigenvalue weighted by atomic mass is 9.85. The van der Waals surface area contributed by atoms with Gasteiger partial charge in [-0.2, -0.15) is 0 Å². The quantitative estimate of drug-likeness (QED) is 0.739. The fourth-order valence-corrected chi connectivity index (χ4v) is 3.62. The Morgan fingerprint density at radius 1 is 1.31 bits per heavy atom. The van der Waals surface area contributed by atoms with Crippen molar-refractivity contribution in [1.82, 2.24) is 9.88 Å². The van der Waals surface area contributed by atoms with Crippen molar-refractivity contribution in [3.05, 3.63) is 58.4 Å². The number of carbonyl (C=O) groups excluding carboxylic acids is 1. The van der Waals surface area contributed by atoms with Crippen LogP contribution in [0.5, 0.6) is 5.75 Å². The number of Topliss-reactive ketones (excluding diaryl/α,β-unsaturated/α-hetero) is 1. The van der Waals surface area contributed by atoms with Crippen molar-refractivity contribution < 1.29 is 9.53 Å². The third-order valence-corrected chi connectivity index (χ3v) is 5.51. The van der Waals surface area contributed by atoms with Crippen LogP contribution < -0.4 is 4.74 Å². The standard InChI is InChI=1S/C24H28N3O2/c1-5-29-19-11-17(10-18(12-19)24(2,3)4)21(28)14-27-13-16-8-9-20(15-6-7-15)26-22(16)23(27)25/h8-11,15,25H,5-7,13-14H2,1-4H3. The Morgan fingerprint density at radius 2 is 2.07 bits per heavy atom. The Bertz CT molecular complexity index is 971. The molecule has 0 saturated heterocycles. The van der Waals surface area contributed by atoms with Gasteiger partial charge in [0.15, 0.2) is 5.78 Å². The Labute approximate surface area is 172 Å². The van der Waals surface area contributed by atoms with E-state index < -0.39 is 0 Å². The molecule has 1 aliphatic carbocycles. The topological polar surface area (TPSA) is 66.3 Å². The van der Waals surface area contributed by atoms with Gasteiger partial charge in [-0.05, 0) is 48.9 Å². The SMILES string of the molecule is CCOc1[c]c(C(C)(C)C)cc(C(=O)CN2Cc3ccc(C4CC4)nc3C2=N)c1. The van der Waals surface area contributed by atoms with E-state index in [0.29, 0.717) is 36.2 Å². The maximum Gasteiger partial charge on any atom is 0.182 e. The highest BCUT2D eigenvalue weighted by atomic mass is 16.5. The summed E-state index contributed by atoms with van der Waals surface area (Å²) < 4.78 is 5.64. The van der Waals surface area contributed by atoms with Gasteiger partial charge in [0, 0.05) is 35.3 Å². The second kappa shape index (κ2) is 7.29. The third-order valence-electron chi connectivity index (χ3n) is 5.51. The fourth-order valence-electron chi connectivity index (χ4n) is 3.62. The summed E-state index contributed by atoms with van der Waals surface area (Å²) in [6.07, 6.45) is 2.37. The molecule has 1 aromatic carbocycles. The molecule has 2 aliphatic rings. The maximum atomic E-state index is 13.1. The predicted octanol–water partition coefficient (Wildman–Crippen LogP) is 4.48. The predicted molar refractivity (Wildman–Crippen MR) is 113 cm³/mol. The lowest BCUT2D eigenvalue weighted by molar-refractivity contribution is 0.0962. The van der Waals surface area contributed by atoms with Crippen LogP contribution in [0.2, 0.25) is 0 Å². The van der Waals surface area contributed by atoms with E-state index >= 15 is 0 Å². The van der Waals surface area contributed by atoms with Gasteiger partial charge in [-0.15, -0.1) is 0 Å². The van der Waals surface area contributed by atoms with E-state index in [1.807, 2.05) is 17.9 Å². The molecule has 0 bridgehead atoms. The summed E-state index contributed by atoms with van der Waals surface area (Å²) in [7, 11) is 0. The van der Waals surface area contributed by atoms with Gasteiger partial charge in [0.25, 0.3) is 0 Å². The van der Waals surface area contributed by atoms with Gasteiger partial charge in [0.05, 0.1) is 13.2 Å². The molecule has 151 valence electrons. The molecule has 5 nitrogen and oxygen atoms in total. The molecule has 0 amide bonds. The van der Waals surface area contributed by atoms with Gasteiger partial charge in [-0.3, -0.25) is 10.2 Å². The molecule has 2 aromatic rings. The molecule has 1 radical (unpaired) electrons. The number of fused-ring (bicyclic) bond motifs is 1. The highest BCUT2D eigenvalue weighted by Crippen LogP contribution is 2.39. The van der Waals surface area contributed by atoms with Gasteiger partial charge in [0.2, 0.25) is 0 Å². The molecule has 29 heavy (non-hydrogen) atoms. The van der Waals surface area contributed by atoms with Crippen LogP contribution in [0.4, 0.5) is 0 Å². The molecular weight excluding hydrogens is 362 g/mol. The molecule has 1 saturated carbocycles. The second-order valence-corrected chi connectivity index (χ2v) is 8.98. The minimum Gasteiger partial charge on any atom is -0.493 e. The van der Waals surface area contributed by atoms with E-state index in [9.17, 15) is 4.79 Å². The number of amidine groups is 1. The van der Waals surface area contributed by atoms with E-state index in [4.69, 9.17) is 15.1 Å². The third kappa shape index (κ3) is 4.04. The van der Waals surface area contributed by atoms with Crippen LogP contribution in [0.15, 0.2) is 24.3 Å². The van der Waals surface area contributed by atoms with Crippen molar-refractivity contribution in [3.8, 4) is 5.75 Å². The average Bonchev–Trinajstić information content (AvgIpc) is 3.47. The summed E-state index contributed by atoms with van der Waals surface area (Å²) in [5.74, 6) is 1.47. The highest BCUT2D eigenvalue weighted by molar-refractivity contribution is 6.04. The fraction of sp³-hybridized carbons (Fsp3) is 0.458. The van der Waals surface area contributed by atoms with Gasteiger partial charge < -0.3 is 9.64 Å². The first kappa shape index (κ1) is 19.6. The van der Waals surface area contributed by atoms with Crippen LogP contribution in [-0.2, 0) is 12.0 Å². The smallest absolute Gasteiger partial charge is 0.182 e. The molecule has 4 rings (SSSR count). The molecule has 2 heterocycles. The van der Waals surface area contributed by atoms with Crippen molar-refractivity contribution in [1.29, 1.82) is 5.41 Å². The number of benzene rings is 1. The van der Waals surface area contributed by atoms with Crippen molar-refractivity contribution in [2.24, 2.45) is 0 Å². The normalized spacial score (nSPS) is 16.1. The Morgan fingerprint density at radius 3 is 2.72 bits per heavy atom. The number of carbonyl (C=O) groups is 1. The molecule has 1 N–H and O–H groups in total. The summed E-state index contributed by atoms with van der Waals surface area (Å²) in [6.45, 7) is 9.45. The largest absolute Gasteiger partial charge is 0.493 e. The Balaban J connectivity index is 1.55. The molecule has 1 fully saturated rings. The first-order chi connectivity index (χ1) is 13.8. The van der Waals surface area contributed by atoms with Crippen molar-refractivity contribution in [3.63, 3.8) is 0 Å². The number of rotatable bonds is 6. The van der Waals surface area contributed by atoms with Gasteiger partial charge in [-0.1, -0.05) is 26.8 Å². The minimum absolute atomic E-state index is 0.0228. The van der Waals surface area contributed by atoms with Crippen molar-refractivity contribution >= 4 is 11.6 Å². The van der Waals surface area contributed by atoms with E-state index in [1.165, 1.54) is 12.8 Å². The molecule has 0 spiro atoms. The number of aromatic nitrogens is 1. The number of hydrogen-bond donors (Lipinski definition) is 1. The van der Waals surface area contributed by atoms with Crippen LogP contribution in [0.3, 0.4) is 0 Å². The van der Waals surface area contributed by atoms with E-state index in [2.05, 4.69) is 39.0 Å². The van der Waals surface area contributed by atoms with Crippen LogP contribution in [0.25, 0.3) is 0 Å². The van der Waals surface area contributed by atoms with Crippen LogP contribution in [0.1, 0.15) is 79.3 Å². The van der Waals surface area contributed by atoms with Crippen LogP contribution >= 0.6 is 0 Å². The van der Waals surface area contributed by atoms with E-state index in [1.54, 1.807) is 6.07 Å². The second-order valence-electron chi connectivity index (χ2n) is 8.98. The zero-order chi connectivity index (χ0) is 20.8. The first-order valence-electron chi connectivity index (χ1n) is 10.3. The Kier molecular flexibility index (Phi) is 4.93. The van der Waals surface area contributed by atoms with Crippen molar-refractivity contribution in [2.75, 3.05) is 13.2 Å². The molecular formula is C24H28N3O2. The number of ether oxygens (including phenoxy) is 1. The number of nitrogens with zero attached hydrogens (tertiary/aromatic N) is 2. The molecule has 0 atom stereocenters. The first-order valence-corrected chi connectivity index (χ1v) is 10.3. The summed E-state index contributed by atoms with van der Waals surface area (Å²) in [5, 5.41) is 8.53. The zero-order valence-corrected chi connectivity index (χ0v) is 17.6. The number of nitrogens with one attached hydrogen (secondary N) is 1. The van der Waals surface area contributed by atoms with Crippen molar-refractivity contribution in [2.45, 2.75) is 58.4 Å². The lowest BCUT2D eigenvalue weighted by Crippen LogP contribution is -2.30. The summed E-state index contributed by atoms with van der Waals surface area (Å²) in [4.78, 5) is 19.6. The van der Waals surface area contributed by atoms with Crippen LogP contribution in [-0.4, -0.2) is 34.7 Å². The van der Waals surface area contributed by atoms with E-state index in [0.717, 1.165) is 22.5 Å². The average molecular weight is 391 g/mol. The summed E-state index contributed by atoms with van der Waals surface area (Å²) in [5.41, 5.74) is 4.25. The summed E-state index contributed by atoms with van der Waals surface area (Å²) in [6, 6.07) is 11.1. The highest BCUT2D eigenvalue weighted by Gasteiger charge is 2.31. The lowest BCUT2D eigenvalue weighted by Gasteiger charge is -2.21. The maximum absolute atomic E-state index is 13.1.